The van der Waals surface area contributed by atoms with Crippen molar-refractivity contribution in [2.75, 3.05) is 0 Å². The molecule has 1 aromatic rings. The SMILES string of the molecule is O=C1CCCCC1C(O)c1ccccc1[N+](=O)[O-]. The van der Waals surface area contributed by atoms with E-state index >= 15 is 0 Å². The van der Waals surface area contributed by atoms with Crippen LogP contribution in [0.2, 0.25) is 0 Å². The third-order valence-corrected chi connectivity index (χ3v) is 3.44. The monoisotopic (exact) mass is 249 g/mol. The molecule has 18 heavy (non-hydrogen) atoms. The third-order valence-electron chi connectivity index (χ3n) is 3.44. The van der Waals surface area contributed by atoms with Crippen molar-refractivity contribution in [1.82, 2.24) is 0 Å². The maximum absolute atomic E-state index is 11.8. The Morgan fingerprint density at radius 2 is 2.06 bits per heavy atom. The molecule has 0 aromatic heterocycles. The molecule has 1 saturated carbocycles. The number of benzene rings is 1. The molecule has 0 heterocycles. The molecule has 2 rings (SSSR count). The molecule has 1 N–H and O–H groups in total. The number of carbonyl (C=O) groups is 1. The molecule has 2 unspecified atom stereocenters. The summed E-state index contributed by atoms with van der Waals surface area (Å²) < 4.78 is 0. The maximum atomic E-state index is 11.8. The van der Waals surface area contributed by atoms with E-state index in [2.05, 4.69) is 0 Å². The quantitative estimate of drug-likeness (QED) is 0.658. The predicted octanol–water partition coefficient (Wildman–Crippen LogP) is 2.39. The van der Waals surface area contributed by atoms with Gasteiger partial charge in [-0.3, -0.25) is 14.9 Å². The fraction of sp³-hybridized carbons (Fsp3) is 0.462. The normalized spacial score (nSPS) is 21.6. The van der Waals surface area contributed by atoms with Crippen molar-refractivity contribution < 1.29 is 14.8 Å². The fourth-order valence-electron chi connectivity index (χ4n) is 2.46. The number of aliphatic hydroxyl groups excluding tert-OH is 1. The Kier molecular flexibility index (Phi) is 3.72. The Bertz CT molecular complexity index is 472. The summed E-state index contributed by atoms with van der Waals surface area (Å²) in [6.07, 6.45) is 1.72. The molecule has 1 aliphatic carbocycles. The van der Waals surface area contributed by atoms with Crippen LogP contribution in [0.4, 0.5) is 5.69 Å². The molecule has 0 aliphatic heterocycles. The van der Waals surface area contributed by atoms with Crippen LogP contribution >= 0.6 is 0 Å². The number of carbonyl (C=O) groups excluding carboxylic acids is 1. The molecular formula is C13H15NO4. The van der Waals surface area contributed by atoms with Crippen molar-refractivity contribution in [2.24, 2.45) is 5.92 Å². The van der Waals surface area contributed by atoms with Crippen LogP contribution in [0.3, 0.4) is 0 Å². The Hall–Kier alpha value is -1.75. The lowest BCUT2D eigenvalue weighted by atomic mass is 9.81. The average molecular weight is 249 g/mol. The Labute approximate surface area is 105 Å². The highest BCUT2D eigenvalue weighted by molar-refractivity contribution is 5.82. The molecule has 0 amide bonds. The van der Waals surface area contributed by atoms with Crippen LogP contribution in [0.1, 0.15) is 37.4 Å². The van der Waals surface area contributed by atoms with E-state index in [1.54, 1.807) is 12.1 Å². The van der Waals surface area contributed by atoms with Crippen molar-refractivity contribution in [2.45, 2.75) is 31.8 Å². The minimum atomic E-state index is -1.07. The van der Waals surface area contributed by atoms with E-state index in [1.165, 1.54) is 12.1 Å². The second-order valence-corrected chi connectivity index (χ2v) is 4.58. The highest BCUT2D eigenvalue weighted by Crippen LogP contribution is 2.35. The largest absolute Gasteiger partial charge is 0.387 e. The number of aliphatic hydroxyl groups is 1. The first-order chi connectivity index (χ1) is 8.61. The molecule has 0 saturated heterocycles. The number of ketones is 1. The summed E-state index contributed by atoms with van der Waals surface area (Å²) in [4.78, 5) is 22.1. The summed E-state index contributed by atoms with van der Waals surface area (Å²) in [5, 5.41) is 21.1. The number of nitro benzene ring substituents is 1. The van der Waals surface area contributed by atoms with Gasteiger partial charge in [0.15, 0.2) is 0 Å². The number of rotatable bonds is 3. The van der Waals surface area contributed by atoms with Gasteiger partial charge in [0.05, 0.1) is 16.6 Å². The molecule has 0 bridgehead atoms. The molecule has 5 nitrogen and oxygen atoms in total. The van der Waals surface area contributed by atoms with Gasteiger partial charge >= 0.3 is 0 Å². The molecule has 2 atom stereocenters. The van der Waals surface area contributed by atoms with Crippen molar-refractivity contribution in [3.8, 4) is 0 Å². The van der Waals surface area contributed by atoms with Gasteiger partial charge in [0.25, 0.3) is 5.69 Å². The van der Waals surface area contributed by atoms with Crippen LogP contribution in [-0.2, 0) is 4.79 Å². The van der Waals surface area contributed by atoms with Crippen molar-refractivity contribution in [3.63, 3.8) is 0 Å². The Balaban J connectivity index is 2.30. The van der Waals surface area contributed by atoms with E-state index in [-0.39, 0.29) is 17.0 Å². The molecule has 96 valence electrons. The number of nitro groups is 1. The van der Waals surface area contributed by atoms with Crippen LogP contribution in [0.25, 0.3) is 0 Å². The van der Waals surface area contributed by atoms with Crippen LogP contribution in [-0.4, -0.2) is 15.8 Å². The van der Waals surface area contributed by atoms with Crippen LogP contribution in [0.15, 0.2) is 24.3 Å². The summed E-state index contributed by atoms with van der Waals surface area (Å²) in [5.74, 6) is -0.494. The summed E-state index contributed by atoms with van der Waals surface area (Å²) in [5.41, 5.74) is 0.117. The first-order valence-corrected chi connectivity index (χ1v) is 6.05. The minimum Gasteiger partial charge on any atom is -0.387 e. The first-order valence-electron chi connectivity index (χ1n) is 6.05. The van der Waals surface area contributed by atoms with Gasteiger partial charge in [-0.15, -0.1) is 0 Å². The molecule has 1 fully saturated rings. The van der Waals surface area contributed by atoms with Crippen LogP contribution in [0, 0.1) is 16.0 Å². The molecule has 0 radical (unpaired) electrons. The second-order valence-electron chi connectivity index (χ2n) is 4.58. The predicted molar refractivity (Wildman–Crippen MR) is 65.0 cm³/mol. The third kappa shape index (κ3) is 2.41. The van der Waals surface area contributed by atoms with Gasteiger partial charge < -0.3 is 5.11 Å². The Morgan fingerprint density at radius 3 is 2.72 bits per heavy atom. The highest BCUT2D eigenvalue weighted by atomic mass is 16.6. The van der Waals surface area contributed by atoms with Gasteiger partial charge in [-0.1, -0.05) is 18.6 Å². The second kappa shape index (κ2) is 5.27. The number of hydrogen-bond donors (Lipinski definition) is 1. The highest BCUT2D eigenvalue weighted by Gasteiger charge is 2.33. The van der Waals surface area contributed by atoms with Gasteiger partial charge in [0, 0.05) is 18.4 Å². The number of hydrogen-bond acceptors (Lipinski definition) is 4. The van der Waals surface area contributed by atoms with Gasteiger partial charge in [-0.25, -0.2) is 0 Å². The van der Waals surface area contributed by atoms with E-state index in [0.717, 1.165) is 12.8 Å². The lowest BCUT2D eigenvalue weighted by molar-refractivity contribution is -0.386. The number of nitrogens with zero attached hydrogens (tertiary/aromatic N) is 1. The smallest absolute Gasteiger partial charge is 0.275 e. The van der Waals surface area contributed by atoms with E-state index in [0.29, 0.717) is 12.8 Å². The van der Waals surface area contributed by atoms with Crippen molar-refractivity contribution in [3.05, 3.63) is 39.9 Å². The molecule has 1 aromatic carbocycles. The van der Waals surface area contributed by atoms with Crippen molar-refractivity contribution in [1.29, 1.82) is 0 Å². The molecule has 1 aliphatic rings. The average Bonchev–Trinajstić information content (AvgIpc) is 2.38. The summed E-state index contributed by atoms with van der Waals surface area (Å²) in [6, 6.07) is 6.06. The number of para-hydroxylation sites is 1. The van der Waals surface area contributed by atoms with Gasteiger partial charge in [0.1, 0.15) is 5.78 Å². The standard InChI is InChI=1S/C13H15NO4/c15-12-8-4-2-6-10(12)13(16)9-5-1-3-7-11(9)14(17)18/h1,3,5,7,10,13,16H,2,4,6,8H2. The zero-order valence-corrected chi connectivity index (χ0v) is 9.91. The van der Waals surface area contributed by atoms with Gasteiger partial charge in [-0.2, -0.15) is 0 Å². The summed E-state index contributed by atoms with van der Waals surface area (Å²) in [6.45, 7) is 0. The lowest BCUT2D eigenvalue weighted by Gasteiger charge is -2.25. The first kappa shape index (κ1) is 12.7. The van der Waals surface area contributed by atoms with Crippen LogP contribution < -0.4 is 0 Å². The lowest BCUT2D eigenvalue weighted by Crippen LogP contribution is -2.26. The maximum Gasteiger partial charge on any atom is 0.275 e. The zero-order valence-electron chi connectivity index (χ0n) is 9.91. The zero-order chi connectivity index (χ0) is 13.1. The number of Topliss-reactive ketones (excluding diaryl/α,β-unsaturated/α-hetero) is 1. The fourth-order valence-corrected chi connectivity index (χ4v) is 2.46. The summed E-state index contributed by atoms with van der Waals surface area (Å²) in [7, 11) is 0. The van der Waals surface area contributed by atoms with E-state index in [4.69, 9.17) is 0 Å². The summed E-state index contributed by atoms with van der Waals surface area (Å²) >= 11 is 0. The Morgan fingerprint density at radius 1 is 1.33 bits per heavy atom. The van der Waals surface area contributed by atoms with Gasteiger partial charge in [0.2, 0.25) is 0 Å². The molecular weight excluding hydrogens is 234 g/mol. The molecule has 0 spiro atoms. The topological polar surface area (TPSA) is 80.4 Å². The van der Waals surface area contributed by atoms with Crippen LogP contribution in [0.5, 0.6) is 0 Å². The van der Waals surface area contributed by atoms with Crippen molar-refractivity contribution >= 4 is 11.5 Å². The minimum absolute atomic E-state index is 0.00639. The van der Waals surface area contributed by atoms with E-state index in [9.17, 15) is 20.0 Å². The van der Waals surface area contributed by atoms with E-state index < -0.39 is 16.9 Å². The van der Waals surface area contributed by atoms with Gasteiger partial charge in [-0.05, 0) is 18.9 Å². The molecule has 5 heteroatoms. The van der Waals surface area contributed by atoms with E-state index in [1.807, 2.05) is 0 Å².